The predicted molar refractivity (Wildman–Crippen MR) is 81.5 cm³/mol. The molecule has 0 atom stereocenters. The third-order valence-electron chi connectivity index (χ3n) is 3.65. The number of aromatic nitrogens is 2. The maximum atomic E-state index is 4.54. The average Bonchev–Trinajstić information content (AvgIpc) is 2.96. The van der Waals surface area contributed by atoms with Gasteiger partial charge in [0.2, 0.25) is 0 Å². The summed E-state index contributed by atoms with van der Waals surface area (Å²) in [6.45, 7) is 2.23. The third kappa shape index (κ3) is 1.39. The van der Waals surface area contributed by atoms with Crippen molar-refractivity contribution >= 4 is 42.0 Å². The highest BCUT2D eigenvalue weighted by Crippen LogP contribution is 2.27. The Morgan fingerprint density at radius 2 is 1.74 bits per heavy atom. The SMILES string of the molecule is C[Si]c1cccc2c3ccccc3c3nccn3c12. The second-order valence-electron chi connectivity index (χ2n) is 4.62. The van der Waals surface area contributed by atoms with Gasteiger partial charge in [-0.25, -0.2) is 4.98 Å². The summed E-state index contributed by atoms with van der Waals surface area (Å²) in [4.78, 5) is 4.54. The van der Waals surface area contributed by atoms with Crippen molar-refractivity contribution in [3.05, 3.63) is 54.9 Å². The number of rotatable bonds is 1. The smallest absolute Gasteiger partial charge is 0.145 e. The Hall–Kier alpha value is -2.13. The number of benzene rings is 2. The molecule has 2 aromatic carbocycles. The second-order valence-corrected chi connectivity index (χ2v) is 5.66. The Kier molecular flexibility index (Phi) is 2.23. The van der Waals surface area contributed by atoms with Crippen molar-refractivity contribution in [2.45, 2.75) is 6.55 Å². The molecule has 0 amide bonds. The van der Waals surface area contributed by atoms with Crippen LogP contribution in [0.1, 0.15) is 0 Å². The van der Waals surface area contributed by atoms with E-state index in [4.69, 9.17) is 0 Å². The average molecular weight is 260 g/mol. The van der Waals surface area contributed by atoms with E-state index in [1.165, 1.54) is 26.9 Å². The van der Waals surface area contributed by atoms with Gasteiger partial charge in [-0.2, -0.15) is 0 Å². The molecule has 19 heavy (non-hydrogen) atoms. The lowest BCUT2D eigenvalue weighted by Crippen LogP contribution is -2.14. The fourth-order valence-electron chi connectivity index (χ4n) is 2.82. The number of para-hydroxylation sites is 1. The Balaban J connectivity index is 2.42. The van der Waals surface area contributed by atoms with Gasteiger partial charge in [-0.15, -0.1) is 0 Å². The largest absolute Gasteiger partial charge is 0.299 e. The van der Waals surface area contributed by atoms with E-state index in [2.05, 4.69) is 64.6 Å². The van der Waals surface area contributed by atoms with Crippen molar-refractivity contribution in [1.82, 2.24) is 9.38 Å². The zero-order valence-electron chi connectivity index (χ0n) is 10.6. The highest BCUT2D eigenvalue weighted by Gasteiger charge is 2.10. The molecule has 2 nitrogen and oxygen atoms in total. The zero-order chi connectivity index (χ0) is 12.8. The van der Waals surface area contributed by atoms with Gasteiger partial charge in [-0.1, -0.05) is 49.0 Å². The number of pyridine rings is 1. The van der Waals surface area contributed by atoms with E-state index >= 15 is 0 Å². The molecule has 0 N–H and O–H groups in total. The van der Waals surface area contributed by atoms with Gasteiger partial charge >= 0.3 is 0 Å². The third-order valence-corrected chi connectivity index (χ3v) is 4.59. The minimum atomic E-state index is 0.782. The van der Waals surface area contributed by atoms with E-state index < -0.39 is 0 Å². The summed E-state index contributed by atoms with van der Waals surface area (Å²) in [7, 11) is 0.782. The Morgan fingerprint density at radius 3 is 2.58 bits per heavy atom. The lowest BCUT2D eigenvalue weighted by atomic mass is 10.1. The van der Waals surface area contributed by atoms with Gasteiger partial charge in [0.05, 0.1) is 15.0 Å². The number of hydrogen-bond donors (Lipinski definition) is 0. The summed E-state index contributed by atoms with van der Waals surface area (Å²) < 4.78 is 2.23. The predicted octanol–water partition coefficient (Wildman–Crippen LogP) is 3.02. The monoisotopic (exact) mass is 260 g/mol. The molecule has 0 bridgehead atoms. The molecular formula is C16H12N2Si. The lowest BCUT2D eigenvalue weighted by Gasteiger charge is -2.11. The zero-order valence-corrected chi connectivity index (χ0v) is 11.6. The van der Waals surface area contributed by atoms with Gasteiger partial charge in [-0.05, 0) is 10.6 Å². The topological polar surface area (TPSA) is 17.3 Å². The molecule has 90 valence electrons. The maximum Gasteiger partial charge on any atom is 0.145 e. The van der Waals surface area contributed by atoms with Gasteiger partial charge in [0, 0.05) is 23.2 Å². The first-order chi connectivity index (χ1) is 9.40. The van der Waals surface area contributed by atoms with Crippen molar-refractivity contribution < 1.29 is 0 Å². The molecule has 4 aromatic rings. The first-order valence-electron chi connectivity index (χ1n) is 6.34. The quantitative estimate of drug-likeness (QED) is 0.380. The minimum absolute atomic E-state index is 0.782. The Bertz CT molecular complexity index is 908. The van der Waals surface area contributed by atoms with E-state index in [-0.39, 0.29) is 0 Å². The fourth-order valence-corrected chi connectivity index (χ4v) is 3.57. The van der Waals surface area contributed by atoms with Gasteiger partial charge < -0.3 is 0 Å². The molecule has 2 heterocycles. The van der Waals surface area contributed by atoms with Gasteiger partial charge in [0.1, 0.15) is 5.65 Å². The molecule has 0 spiro atoms. The summed E-state index contributed by atoms with van der Waals surface area (Å²) in [6, 6.07) is 15.1. The molecule has 3 heteroatoms. The van der Waals surface area contributed by atoms with Crippen molar-refractivity contribution in [3.63, 3.8) is 0 Å². The van der Waals surface area contributed by atoms with E-state index in [1.54, 1.807) is 0 Å². The van der Waals surface area contributed by atoms with Crippen LogP contribution in [0.15, 0.2) is 54.9 Å². The van der Waals surface area contributed by atoms with Crippen LogP contribution in [0.25, 0.3) is 27.3 Å². The lowest BCUT2D eigenvalue weighted by molar-refractivity contribution is 1.28. The first kappa shape index (κ1) is 10.8. The van der Waals surface area contributed by atoms with Crippen molar-refractivity contribution in [2.75, 3.05) is 0 Å². The molecule has 0 saturated carbocycles. The van der Waals surface area contributed by atoms with E-state index in [0.29, 0.717) is 0 Å². The fraction of sp³-hybridized carbons (Fsp3) is 0.0625. The first-order valence-corrected chi connectivity index (χ1v) is 7.84. The van der Waals surface area contributed by atoms with Crippen LogP contribution in [0, 0.1) is 0 Å². The molecular weight excluding hydrogens is 248 g/mol. The summed E-state index contributed by atoms with van der Waals surface area (Å²) in [6.07, 6.45) is 3.95. The summed E-state index contributed by atoms with van der Waals surface area (Å²) >= 11 is 0. The van der Waals surface area contributed by atoms with Crippen LogP contribution in [-0.4, -0.2) is 18.9 Å². The highest BCUT2D eigenvalue weighted by molar-refractivity contribution is 6.55. The molecule has 0 unspecified atom stereocenters. The number of nitrogens with zero attached hydrogens (tertiary/aromatic N) is 2. The molecule has 0 aliphatic rings. The van der Waals surface area contributed by atoms with Crippen LogP contribution < -0.4 is 5.19 Å². The molecule has 0 aliphatic carbocycles. The normalized spacial score (nSPS) is 11.6. The highest BCUT2D eigenvalue weighted by atomic mass is 28.2. The van der Waals surface area contributed by atoms with Gasteiger partial charge in [0.15, 0.2) is 0 Å². The van der Waals surface area contributed by atoms with Crippen LogP contribution in [0.5, 0.6) is 0 Å². The van der Waals surface area contributed by atoms with Gasteiger partial charge in [0.25, 0.3) is 0 Å². The summed E-state index contributed by atoms with van der Waals surface area (Å²) in [5.41, 5.74) is 2.35. The standard InChI is InChI=1S/C16H12N2Si/c1-19-14-8-4-7-12-11-5-2-3-6-13(11)16-17-9-10-18(16)15(12)14/h2-10H,1H3. The number of fused-ring (bicyclic) bond motifs is 6. The van der Waals surface area contributed by atoms with Crippen LogP contribution in [0.2, 0.25) is 6.55 Å². The van der Waals surface area contributed by atoms with Crippen molar-refractivity contribution in [1.29, 1.82) is 0 Å². The van der Waals surface area contributed by atoms with E-state index in [0.717, 1.165) is 15.2 Å². The van der Waals surface area contributed by atoms with Crippen LogP contribution in [-0.2, 0) is 0 Å². The summed E-state index contributed by atoms with van der Waals surface area (Å²) in [5, 5.41) is 5.21. The minimum Gasteiger partial charge on any atom is -0.299 e. The molecule has 0 saturated heterocycles. The molecule has 0 aliphatic heterocycles. The van der Waals surface area contributed by atoms with Crippen molar-refractivity contribution in [2.24, 2.45) is 0 Å². The van der Waals surface area contributed by atoms with E-state index in [9.17, 15) is 0 Å². The molecule has 0 fully saturated rings. The summed E-state index contributed by atoms with van der Waals surface area (Å²) in [5.74, 6) is 0. The Morgan fingerprint density at radius 1 is 0.947 bits per heavy atom. The second kappa shape index (κ2) is 3.93. The van der Waals surface area contributed by atoms with Crippen LogP contribution in [0.3, 0.4) is 0 Å². The Labute approximate surface area is 113 Å². The van der Waals surface area contributed by atoms with Crippen LogP contribution >= 0.6 is 0 Å². The molecule has 2 radical (unpaired) electrons. The van der Waals surface area contributed by atoms with Crippen molar-refractivity contribution in [3.8, 4) is 0 Å². The van der Waals surface area contributed by atoms with Crippen LogP contribution in [0.4, 0.5) is 0 Å². The molecule has 2 aromatic heterocycles. The van der Waals surface area contributed by atoms with Gasteiger partial charge in [-0.3, -0.25) is 4.40 Å². The maximum absolute atomic E-state index is 4.54. The van der Waals surface area contributed by atoms with E-state index in [1.807, 2.05) is 6.20 Å². The number of imidazole rings is 1. The molecule has 4 rings (SSSR count). The number of hydrogen-bond acceptors (Lipinski definition) is 1.